The molecule has 1 aliphatic heterocycles. The monoisotopic (exact) mass is 332 g/mol. The number of benzene rings is 1. The van der Waals surface area contributed by atoms with Crippen molar-refractivity contribution < 1.29 is 23.7 Å². The lowest BCUT2D eigenvalue weighted by Crippen LogP contribution is -2.54. The highest BCUT2D eigenvalue weighted by atomic mass is 16.8. The first-order valence-corrected chi connectivity index (χ1v) is 8.60. The second-order valence-corrected chi connectivity index (χ2v) is 7.53. The van der Waals surface area contributed by atoms with Crippen molar-refractivity contribution in [3.8, 4) is 0 Å². The van der Waals surface area contributed by atoms with E-state index in [1.165, 1.54) is 0 Å². The lowest BCUT2D eigenvalue weighted by atomic mass is 9.63. The number of methoxy groups -OCH3 is 1. The van der Waals surface area contributed by atoms with Crippen LogP contribution in [-0.2, 0) is 18.9 Å². The van der Waals surface area contributed by atoms with Crippen LogP contribution in [0.1, 0.15) is 43.5 Å². The molecule has 1 spiro atoms. The molecule has 5 nitrogen and oxygen atoms in total. The Morgan fingerprint density at radius 1 is 1.21 bits per heavy atom. The molecule has 1 heterocycles. The van der Waals surface area contributed by atoms with Gasteiger partial charge >= 0.3 is 5.97 Å². The molecule has 2 saturated carbocycles. The minimum absolute atomic E-state index is 0.0185. The topological polar surface area (TPSA) is 54.0 Å². The Balaban J connectivity index is 1.54. The number of hydrogen-bond donors (Lipinski definition) is 0. The lowest BCUT2D eigenvalue weighted by molar-refractivity contribution is -0.203. The van der Waals surface area contributed by atoms with E-state index in [9.17, 15) is 4.79 Å². The average molecular weight is 332 g/mol. The Kier molecular flexibility index (Phi) is 3.71. The fourth-order valence-corrected chi connectivity index (χ4v) is 4.47. The summed E-state index contributed by atoms with van der Waals surface area (Å²) in [5.74, 6) is -0.890. The van der Waals surface area contributed by atoms with Gasteiger partial charge in [0.25, 0.3) is 0 Å². The zero-order chi connectivity index (χ0) is 16.9. The molecule has 0 aromatic heterocycles. The van der Waals surface area contributed by atoms with Crippen molar-refractivity contribution >= 4 is 5.97 Å². The van der Waals surface area contributed by atoms with Crippen molar-refractivity contribution in [1.82, 2.24) is 0 Å². The highest BCUT2D eigenvalue weighted by Gasteiger charge is 2.68. The van der Waals surface area contributed by atoms with E-state index in [0.29, 0.717) is 5.56 Å². The number of hydrogen-bond acceptors (Lipinski definition) is 5. The van der Waals surface area contributed by atoms with E-state index >= 15 is 0 Å². The van der Waals surface area contributed by atoms with Gasteiger partial charge in [0.15, 0.2) is 5.79 Å². The van der Waals surface area contributed by atoms with Crippen molar-refractivity contribution in [2.75, 3.05) is 7.11 Å². The zero-order valence-electron chi connectivity index (χ0n) is 14.4. The standard InChI is InChI=1S/C19H24O5/c1-18(2)23-15-13(21-3)11-19(16(15)24-18)10-9-14(19)22-17(20)12-7-5-4-6-8-12/h4-8,13-16H,9-11H2,1-3H3/t13-,14+,15?,16?,19+/m1/s1. The Bertz CT molecular complexity index is 628. The van der Waals surface area contributed by atoms with Gasteiger partial charge in [0, 0.05) is 12.5 Å². The van der Waals surface area contributed by atoms with Crippen LogP contribution in [0.15, 0.2) is 30.3 Å². The Hall–Kier alpha value is -1.43. The number of carbonyl (C=O) groups is 1. The van der Waals surface area contributed by atoms with Crippen LogP contribution in [0, 0.1) is 5.41 Å². The third kappa shape index (κ3) is 2.38. The van der Waals surface area contributed by atoms with Crippen LogP contribution < -0.4 is 0 Å². The van der Waals surface area contributed by atoms with Gasteiger partial charge in [-0.05, 0) is 45.2 Å². The molecular formula is C19H24O5. The number of fused-ring (bicyclic) bond motifs is 2. The zero-order valence-corrected chi connectivity index (χ0v) is 14.4. The highest BCUT2D eigenvalue weighted by molar-refractivity contribution is 5.89. The SMILES string of the molecule is CO[C@@H]1C[C@]2(CC[C@@H]2OC(=O)c2ccccc2)C2OC(C)(C)OC21. The molecule has 5 heteroatoms. The molecule has 3 aliphatic rings. The molecule has 2 unspecified atom stereocenters. The Morgan fingerprint density at radius 2 is 1.96 bits per heavy atom. The highest BCUT2D eigenvalue weighted by Crippen LogP contribution is 2.60. The van der Waals surface area contributed by atoms with Crippen LogP contribution in [0.4, 0.5) is 0 Å². The molecule has 24 heavy (non-hydrogen) atoms. The minimum atomic E-state index is -0.622. The summed E-state index contributed by atoms with van der Waals surface area (Å²) >= 11 is 0. The van der Waals surface area contributed by atoms with Crippen molar-refractivity contribution in [3.63, 3.8) is 0 Å². The Labute approximate surface area is 142 Å². The predicted molar refractivity (Wildman–Crippen MR) is 86.6 cm³/mol. The summed E-state index contributed by atoms with van der Waals surface area (Å²) in [5, 5.41) is 0. The fraction of sp³-hybridized carbons (Fsp3) is 0.632. The summed E-state index contributed by atoms with van der Waals surface area (Å²) in [7, 11) is 1.71. The van der Waals surface area contributed by atoms with Gasteiger partial charge in [-0.2, -0.15) is 0 Å². The minimum Gasteiger partial charge on any atom is -0.458 e. The van der Waals surface area contributed by atoms with Gasteiger partial charge in [0.2, 0.25) is 0 Å². The third-order valence-electron chi connectivity index (χ3n) is 5.72. The van der Waals surface area contributed by atoms with E-state index in [2.05, 4.69) is 0 Å². The van der Waals surface area contributed by atoms with Crippen LogP contribution in [0.2, 0.25) is 0 Å². The number of rotatable bonds is 3. The van der Waals surface area contributed by atoms with Crippen molar-refractivity contribution in [3.05, 3.63) is 35.9 Å². The average Bonchev–Trinajstić information content (AvgIpc) is 3.04. The molecule has 1 aromatic carbocycles. The molecule has 5 atom stereocenters. The van der Waals surface area contributed by atoms with Gasteiger partial charge in [-0.3, -0.25) is 0 Å². The van der Waals surface area contributed by atoms with Crippen LogP contribution in [0.25, 0.3) is 0 Å². The van der Waals surface area contributed by atoms with E-state index < -0.39 is 5.79 Å². The molecule has 4 rings (SSSR count). The molecule has 1 saturated heterocycles. The maximum absolute atomic E-state index is 12.4. The van der Waals surface area contributed by atoms with Crippen LogP contribution >= 0.6 is 0 Å². The number of ether oxygens (including phenoxy) is 4. The summed E-state index contributed by atoms with van der Waals surface area (Å²) in [6.07, 6.45) is 2.30. The first-order chi connectivity index (χ1) is 11.5. The first kappa shape index (κ1) is 16.1. The maximum atomic E-state index is 12.4. The summed E-state index contributed by atoms with van der Waals surface area (Å²) in [4.78, 5) is 12.4. The number of esters is 1. The molecule has 0 bridgehead atoms. The molecular weight excluding hydrogens is 308 g/mol. The predicted octanol–water partition coefficient (Wildman–Crippen LogP) is 2.93. The quantitative estimate of drug-likeness (QED) is 0.797. The Morgan fingerprint density at radius 3 is 2.58 bits per heavy atom. The van der Waals surface area contributed by atoms with Gasteiger partial charge in [0.1, 0.15) is 12.2 Å². The van der Waals surface area contributed by atoms with Crippen molar-refractivity contribution in [2.45, 2.75) is 63.3 Å². The van der Waals surface area contributed by atoms with E-state index in [-0.39, 0.29) is 35.8 Å². The van der Waals surface area contributed by atoms with Crippen LogP contribution in [0.5, 0.6) is 0 Å². The second kappa shape index (κ2) is 5.55. The largest absolute Gasteiger partial charge is 0.458 e. The van der Waals surface area contributed by atoms with Crippen LogP contribution in [0.3, 0.4) is 0 Å². The van der Waals surface area contributed by atoms with Gasteiger partial charge in [-0.1, -0.05) is 18.2 Å². The van der Waals surface area contributed by atoms with Crippen molar-refractivity contribution in [2.24, 2.45) is 5.41 Å². The molecule has 3 fully saturated rings. The summed E-state index contributed by atoms with van der Waals surface area (Å²) in [6.45, 7) is 3.85. The van der Waals surface area contributed by atoms with Gasteiger partial charge in [-0.25, -0.2) is 4.79 Å². The van der Waals surface area contributed by atoms with E-state index in [1.54, 1.807) is 19.2 Å². The van der Waals surface area contributed by atoms with E-state index in [4.69, 9.17) is 18.9 Å². The second-order valence-electron chi connectivity index (χ2n) is 7.53. The normalized spacial score (nSPS) is 39.5. The summed E-state index contributed by atoms with van der Waals surface area (Å²) < 4.78 is 23.7. The van der Waals surface area contributed by atoms with E-state index in [1.807, 2.05) is 32.0 Å². The van der Waals surface area contributed by atoms with Gasteiger partial charge < -0.3 is 18.9 Å². The number of carbonyl (C=O) groups excluding carboxylic acids is 1. The molecule has 2 aliphatic carbocycles. The molecule has 0 N–H and O–H groups in total. The summed E-state index contributed by atoms with van der Waals surface area (Å²) in [5.41, 5.74) is 0.394. The van der Waals surface area contributed by atoms with E-state index in [0.717, 1.165) is 19.3 Å². The first-order valence-electron chi connectivity index (χ1n) is 8.60. The fourth-order valence-electron chi connectivity index (χ4n) is 4.47. The molecule has 0 radical (unpaired) electrons. The molecule has 1 aromatic rings. The summed E-state index contributed by atoms with van der Waals surface area (Å²) in [6, 6.07) is 9.13. The van der Waals surface area contributed by atoms with Crippen LogP contribution in [-0.4, -0.2) is 43.3 Å². The van der Waals surface area contributed by atoms with Gasteiger partial charge in [-0.15, -0.1) is 0 Å². The van der Waals surface area contributed by atoms with Gasteiger partial charge in [0.05, 0.1) is 17.8 Å². The molecule has 0 amide bonds. The third-order valence-corrected chi connectivity index (χ3v) is 5.72. The van der Waals surface area contributed by atoms with Crippen molar-refractivity contribution in [1.29, 1.82) is 0 Å². The lowest BCUT2D eigenvalue weighted by Gasteiger charge is -2.49. The smallest absolute Gasteiger partial charge is 0.338 e. The molecule has 130 valence electrons. The maximum Gasteiger partial charge on any atom is 0.338 e.